The van der Waals surface area contributed by atoms with Crippen LogP contribution < -0.4 is 15.6 Å². The van der Waals surface area contributed by atoms with Crippen molar-refractivity contribution in [3.63, 3.8) is 0 Å². The van der Waals surface area contributed by atoms with Crippen molar-refractivity contribution >= 4 is 11.8 Å². The molecule has 6 heteroatoms. The van der Waals surface area contributed by atoms with Crippen LogP contribution in [0.15, 0.2) is 34.7 Å². The van der Waals surface area contributed by atoms with Crippen molar-refractivity contribution in [1.82, 2.24) is 10.9 Å². The zero-order valence-corrected chi connectivity index (χ0v) is 15.2. The number of carbonyl (C=O) groups excluding carboxylic acids is 2. The highest BCUT2D eigenvalue weighted by molar-refractivity contribution is 5.96. The lowest BCUT2D eigenvalue weighted by molar-refractivity contribution is -0.123. The Hall–Kier alpha value is -2.76. The maximum Gasteiger partial charge on any atom is 0.276 e. The molecule has 1 heterocycles. The summed E-state index contributed by atoms with van der Waals surface area (Å²) in [6.45, 7) is 9.63. The first-order valence-electron chi connectivity index (χ1n) is 8.06. The molecule has 0 atom stereocenters. The number of benzene rings is 1. The number of nitrogens with one attached hydrogen (secondary N) is 2. The third-order valence-electron chi connectivity index (χ3n) is 3.69. The summed E-state index contributed by atoms with van der Waals surface area (Å²) in [4.78, 5) is 23.8. The van der Waals surface area contributed by atoms with Crippen molar-refractivity contribution in [2.24, 2.45) is 0 Å². The Morgan fingerprint density at radius 2 is 1.72 bits per heavy atom. The molecule has 0 fully saturated rings. The smallest absolute Gasteiger partial charge is 0.276 e. The minimum Gasteiger partial charge on any atom is -0.484 e. The molecule has 0 aliphatic rings. The summed E-state index contributed by atoms with van der Waals surface area (Å²) in [5, 5.41) is 0. The van der Waals surface area contributed by atoms with E-state index in [4.69, 9.17) is 9.15 Å². The molecule has 2 amide bonds. The van der Waals surface area contributed by atoms with Crippen molar-refractivity contribution < 1.29 is 18.7 Å². The van der Waals surface area contributed by atoms with Crippen LogP contribution in [0, 0.1) is 13.8 Å². The highest BCUT2D eigenvalue weighted by atomic mass is 16.5. The molecular formula is C19H24N2O4. The van der Waals surface area contributed by atoms with Crippen LogP contribution in [0.2, 0.25) is 0 Å². The number of hydrogen-bond acceptors (Lipinski definition) is 4. The van der Waals surface area contributed by atoms with Gasteiger partial charge < -0.3 is 9.15 Å². The molecule has 0 saturated heterocycles. The van der Waals surface area contributed by atoms with E-state index in [1.165, 1.54) is 5.56 Å². The van der Waals surface area contributed by atoms with Gasteiger partial charge in [0.2, 0.25) is 0 Å². The molecule has 2 aromatic rings. The fourth-order valence-electron chi connectivity index (χ4n) is 2.29. The van der Waals surface area contributed by atoms with E-state index in [0.717, 1.165) is 0 Å². The second kappa shape index (κ2) is 7.42. The monoisotopic (exact) mass is 344 g/mol. The van der Waals surface area contributed by atoms with E-state index in [-0.39, 0.29) is 12.0 Å². The van der Waals surface area contributed by atoms with Gasteiger partial charge in [-0.3, -0.25) is 20.4 Å². The summed E-state index contributed by atoms with van der Waals surface area (Å²) < 4.78 is 10.7. The van der Waals surface area contributed by atoms with Gasteiger partial charge in [0, 0.05) is 0 Å². The number of ether oxygens (including phenoxy) is 1. The Balaban J connectivity index is 1.81. The number of furan rings is 1. The molecule has 0 bridgehead atoms. The van der Waals surface area contributed by atoms with Gasteiger partial charge in [-0.05, 0) is 43.0 Å². The van der Waals surface area contributed by atoms with E-state index in [0.29, 0.717) is 22.8 Å². The summed E-state index contributed by atoms with van der Waals surface area (Å²) in [6.07, 6.45) is 0. The van der Waals surface area contributed by atoms with E-state index < -0.39 is 11.8 Å². The number of amides is 2. The summed E-state index contributed by atoms with van der Waals surface area (Å²) in [5.41, 5.74) is 6.29. The van der Waals surface area contributed by atoms with Gasteiger partial charge in [-0.2, -0.15) is 0 Å². The lowest BCUT2D eigenvalue weighted by Crippen LogP contribution is -2.43. The van der Waals surface area contributed by atoms with Crippen molar-refractivity contribution in [3.8, 4) is 5.75 Å². The largest absolute Gasteiger partial charge is 0.484 e. The van der Waals surface area contributed by atoms with Gasteiger partial charge in [0.1, 0.15) is 17.3 Å². The molecule has 2 rings (SSSR count). The zero-order valence-electron chi connectivity index (χ0n) is 15.2. The number of carbonyl (C=O) groups is 2. The van der Waals surface area contributed by atoms with Crippen LogP contribution >= 0.6 is 0 Å². The Kier molecular flexibility index (Phi) is 5.51. The van der Waals surface area contributed by atoms with Crippen molar-refractivity contribution in [2.75, 3.05) is 6.61 Å². The first-order chi connectivity index (χ1) is 11.7. The van der Waals surface area contributed by atoms with Crippen LogP contribution in [0.3, 0.4) is 0 Å². The SMILES string of the molecule is Cc1cc(C(=O)NNC(=O)COc2ccc(C(C)(C)C)cc2)c(C)o1. The van der Waals surface area contributed by atoms with Crippen LogP contribution in [0.5, 0.6) is 5.75 Å². The maximum absolute atomic E-state index is 12.0. The average molecular weight is 344 g/mol. The van der Waals surface area contributed by atoms with Crippen LogP contribution in [-0.4, -0.2) is 18.4 Å². The van der Waals surface area contributed by atoms with Crippen molar-refractivity contribution in [1.29, 1.82) is 0 Å². The highest BCUT2D eigenvalue weighted by Crippen LogP contribution is 2.24. The van der Waals surface area contributed by atoms with Crippen LogP contribution in [-0.2, 0) is 10.2 Å². The first-order valence-corrected chi connectivity index (χ1v) is 8.06. The molecular weight excluding hydrogens is 320 g/mol. The molecule has 0 saturated carbocycles. The summed E-state index contributed by atoms with van der Waals surface area (Å²) in [5.74, 6) is 0.842. The van der Waals surface area contributed by atoms with Crippen LogP contribution in [0.4, 0.5) is 0 Å². The van der Waals surface area contributed by atoms with E-state index in [2.05, 4.69) is 31.6 Å². The quantitative estimate of drug-likeness (QED) is 0.836. The summed E-state index contributed by atoms with van der Waals surface area (Å²) in [7, 11) is 0. The van der Waals surface area contributed by atoms with Crippen LogP contribution in [0.1, 0.15) is 48.2 Å². The van der Waals surface area contributed by atoms with E-state index in [1.54, 1.807) is 19.9 Å². The average Bonchev–Trinajstić information content (AvgIpc) is 2.88. The number of hydrogen-bond donors (Lipinski definition) is 2. The van der Waals surface area contributed by atoms with Gasteiger partial charge in [0.05, 0.1) is 5.56 Å². The molecule has 1 aromatic heterocycles. The Bertz CT molecular complexity index is 755. The Labute approximate surface area is 147 Å². The Morgan fingerprint density at radius 3 is 2.24 bits per heavy atom. The number of rotatable bonds is 4. The molecule has 1 aromatic carbocycles. The number of aryl methyl sites for hydroxylation is 2. The van der Waals surface area contributed by atoms with Gasteiger partial charge in [0.25, 0.3) is 11.8 Å². The normalized spacial score (nSPS) is 11.1. The van der Waals surface area contributed by atoms with E-state index in [1.807, 2.05) is 24.3 Å². The third kappa shape index (κ3) is 5.11. The van der Waals surface area contributed by atoms with Crippen molar-refractivity contribution in [3.05, 3.63) is 53.0 Å². The number of hydrazine groups is 1. The molecule has 0 aliphatic heterocycles. The van der Waals surface area contributed by atoms with Gasteiger partial charge in [0.15, 0.2) is 6.61 Å². The molecule has 2 N–H and O–H groups in total. The van der Waals surface area contributed by atoms with Gasteiger partial charge in [-0.1, -0.05) is 32.9 Å². The fraction of sp³-hybridized carbons (Fsp3) is 0.368. The topological polar surface area (TPSA) is 80.6 Å². The third-order valence-corrected chi connectivity index (χ3v) is 3.69. The molecule has 0 unspecified atom stereocenters. The first kappa shape index (κ1) is 18.6. The van der Waals surface area contributed by atoms with Gasteiger partial charge >= 0.3 is 0 Å². The zero-order chi connectivity index (χ0) is 18.6. The van der Waals surface area contributed by atoms with E-state index >= 15 is 0 Å². The summed E-state index contributed by atoms with van der Waals surface area (Å²) >= 11 is 0. The van der Waals surface area contributed by atoms with E-state index in [9.17, 15) is 9.59 Å². The van der Waals surface area contributed by atoms with Crippen LogP contribution in [0.25, 0.3) is 0 Å². The lowest BCUT2D eigenvalue weighted by atomic mass is 9.87. The fourth-order valence-corrected chi connectivity index (χ4v) is 2.29. The summed E-state index contributed by atoms with van der Waals surface area (Å²) in [6, 6.07) is 9.20. The predicted octanol–water partition coefficient (Wildman–Crippen LogP) is 3.03. The standard InChI is InChI=1S/C19H24N2O4/c1-12-10-16(13(2)25-12)18(23)21-20-17(22)11-24-15-8-6-14(7-9-15)19(3,4)5/h6-10H,11H2,1-5H3,(H,20,22)(H,21,23). The molecule has 6 nitrogen and oxygen atoms in total. The van der Waals surface area contributed by atoms with Gasteiger partial charge in [-0.25, -0.2) is 0 Å². The second-order valence-corrected chi connectivity index (χ2v) is 6.89. The maximum atomic E-state index is 12.0. The minimum absolute atomic E-state index is 0.0593. The lowest BCUT2D eigenvalue weighted by Gasteiger charge is -2.19. The molecule has 0 aliphatic carbocycles. The van der Waals surface area contributed by atoms with Crippen molar-refractivity contribution in [2.45, 2.75) is 40.0 Å². The highest BCUT2D eigenvalue weighted by Gasteiger charge is 2.15. The minimum atomic E-state index is -0.453. The molecule has 0 radical (unpaired) electrons. The predicted molar refractivity (Wildman–Crippen MR) is 94.4 cm³/mol. The molecule has 0 spiro atoms. The second-order valence-electron chi connectivity index (χ2n) is 6.89. The molecule has 134 valence electrons. The van der Waals surface area contributed by atoms with Gasteiger partial charge in [-0.15, -0.1) is 0 Å². The molecule has 25 heavy (non-hydrogen) atoms. The Morgan fingerprint density at radius 1 is 1.08 bits per heavy atom.